The van der Waals surface area contributed by atoms with Gasteiger partial charge in [-0.3, -0.25) is 14.6 Å². The second-order valence-corrected chi connectivity index (χ2v) is 7.61. The fourth-order valence-electron chi connectivity index (χ4n) is 3.73. The number of hydrogen-bond acceptors (Lipinski definition) is 6. The first-order valence-electron chi connectivity index (χ1n) is 9.83. The Bertz CT molecular complexity index is 970. The van der Waals surface area contributed by atoms with Gasteiger partial charge in [0.1, 0.15) is 11.5 Å². The zero-order chi connectivity index (χ0) is 21.8. The molecule has 7 nitrogen and oxygen atoms in total. The van der Waals surface area contributed by atoms with Crippen LogP contribution >= 0.6 is 0 Å². The van der Waals surface area contributed by atoms with Crippen molar-refractivity contribution >= 4 is 17.4 Å². The normalized spacial score (nSPS) is 18.3. The second-order valence-electron chi connectivity index (χ2n) is 7.61. The van der Waals surface area contributed by atoms with Crippen LogP contribution in [0.2, 0.25) is 0 Å². The number of methoxy groups -OCH3 is 1. The van der Waals surface area contributed by atoms with Crippen LogP contribution in [-0.4, -0.2) is 65.9 Å². The number of ketones is 1. The molecule has 0 bridgehead atoms. The van der Waals surface area contributed by atoms with Gasteiger partial charge in [0.2, 0.25) is 0 Å². The summed E-state index contributed by atoms with van der Waals surface area (Å²) in [4.78, 5) is 33.5. The average molecular weight is 409 g/mol. The van der Waals surface area contributed by atoms with E-state index in [1.54, 1.807) is 54.7 Å². The highest BCUT2D eigenvalue weighted by atomic mass is 16.5. The first-order valence-corrected chi connectivity index (χ1v) is 9.83. The topological polar surface area (TPSA) is 83.0 Å². The van der Waals surface area contributed by atoms with Gasteiger partial charge in [-0.15, -0.1) is 0 Å². The van der Waals surface area contributed by atoms with Gasteiger partial charge in [0.25, 0.3) is 11.7 Å². The minimum atomic E-state index is -0.672. The summed E-state index contributed by atoms with van der Waals surface area (Å²) in [6, 6.07) is 8.08. The maximum atomic E-state index is 13.0. The van der Waals surface area contributed by atoms with E-state index < -0.39 is 17.7 Å². The van der Waals surface area contributed by atoms with Gasteiger partial charge in [-0.2, -0.15) is 0 Å². The number of aliphatic hydroxyl groups excluding tert-OH is 1. The third-order valence-corrected chi connectivity index (χ3v) is 5.25. The summed E-state index contributed by atoms with van der Waals surface area (Å²) in [5, 5.41) is 11.1. The van der Waals surface area contributed by atoms with E-state index >= 15 is 0 Å². The number of aromatic nitrogens is 1. The fourth-order valence-corrected chi connectivity index (χ4v) is 3.73. The average Bonchev–Trinajstić information content (AvgIpc) is 2.98. The molecule has 0 radical (unpaired) electrons. The van der Waals surface area contributed by atoms with Gasteiger partial charge in [0, 0.05) is 24.5 Å². The van der Waals surface area contributed by atoms with Gasteiger partial charge >= 0.3 is 0 Å². The molecular formula is C23H27N3O4. The molecule has 7 heteroatoms. The van der Waals surface area contributed by atoms with Crippen LogP contribution in [0, 0.1) is 6.92 Å². The molecule has 2 aromatic rings. The number of amides is 1. The molecule has 1 N–H and O–H groups in total. The van der Waals surface area contributed by atoms with E-state index in [1.807, 2.05) is 25.9 Å². The molecule has 1 aromatic carbocycles. The van der Waals surface area contributed by atoms with Crippen molar-refractivity contribution in [3.05, 3.63) is 65.0 Å². The summed E-state index contributed by atoms with van der Waals surface area (Å²) in [7, 11) is 5.48. The number of carbonyl (C=O) groups excluding carboxylic acids is 2. The first-order chi connectivity index (χ1) is 14.3. The number of pyridine rings is 1. The zero-order valence-corrected chi connectivity index (χ0v) is 17.8. The summed E-state index contributed by atoms with van der Waals surface area (Å²) in [5.41, 5.74) is 2.09. The number of rotatable bonds is 7. The van der Waals surface area contributed by atoms with Gasteiger partial charge in [-0.25, -0.2) is 0 Å². The number of hydrogen-bond donors (Lipinski definition) is 1. The van der Waals surface area contributed by atoms with E-state index in [4.69, 9.17) is 4.74 Å². The molecule has 1 aliphatic heterocycles. The molecule has 1 atom stereocenters. The second kappa shape index (κ2) is 9.09. The maximum absolute atomic E-state index is 13.0. The minimum Gasteiger partial charge on any atom is -0.507 e. The SMILES string of the molecule is COc1ccc(C(O)=C2C(=O)C(=O)N(CCCN(C)C)[C@@H]2c2ccncc2)c(C)c1. The lowest BCUT2D eigenvalue weighted by Crippen LogP contribution is -2.32. The van der Waals surface area contributed by atoms with Crippen LogP contribution in [-0.2, 0) is 9.59 Å². The molecule has 0 saturated carbocycles. The fraction of sp³-hybridized carbons (Fsp3) is 0.348. The van der Waals surface area contributed by atoms with Crippen molar-refractivity contribution in [1.82, 2.24) is 14.8 Å². The van der Waals surface area contributed by atoms with Gasteiger partial charge in [0.15, 0.2) is 0 Å². The van der Waals surface area contributed by atoms with Gasteiger partial charge in [-0.1, -0.05) is 0 Å². The molecular weight excluding hydrogens is 382 g/mol. The molecule has 3 rings (SSSR count). The standard InChI is InChI=1S/C23H27N3O4/c1-15-14-17(30-4)6-7-18(15)21(27)19-20(16-8-10-24-11-9-16)26(23(29)22(19)28)13-5-12-25(2)3/h6-11,14,20,27H,5,12-13H2,1-4H3/t20-/m1/s1. The van der Waals surface area contributed by atoms with E-state index in [0.29, 0.717) is 24.3 Å². The van der Waals surface area contributed by atoms with Crippen LogP contribution in [0.4, 0.5) is 0 Å². The van der Waals surface area contributed by atoms with Crippen molar-refractivity contribution < 1.29 is 19.4 Å². The number of aryl methyl sites for hydroxylation is 1. The Hall–Kier alpha value is -3.19. The largest absolute Gasteiger partial charge is 0.507 e. The number of ether oxygens (including phenoxy) is 1. The molecule has 2 heterocycles. The monoisotopic (exact) mass is 409 g/mol. The van der Waals surface area contributed by atoms with Crippen molar-refractivity contribution in [3.8, 4) is 5.75 Å². The van der Waals surface area contributed by atoms with E-state index in [9.17, 15) is 14.7 Å². The van der Waals surface area contributed by atoms with Crippen LogP contribution in [0.5, 0.6) is 5.75 Å². The van der Waals surface area contributed by atoms with Crippen LogP contribution in [0.15, 0.2) is 48.3 Å². The zero-order valence-electron chi connectivity index (χ0n) is 17.8. The quantitative estimate of drug-likeness (QED) is 0.430. The third-order valence-electron chi connectivity index (χ3n) is 5.25. The summed E-state index contributed by atoms with van der Waals surface area (Å²) in [5.74, 6) is -0.790. The van der Waals surface area contributed by atoms with Crippen LogP contribution in [0.25, 0.3) is 5.76 Å². The number of aliphatic hydroxyl groups is 1. The van der Waals surface area contributed by atoms with E-state index in [0.717, 1.165) is 17.7 Å². The number of nitrogens with zero attached hydrogens (tertiary/aromatic N) is 3. The lowest BCUT2D eigenvalue weighted by Gasteiger charge is -2.26. The van der Waals surface area contributed by atoms with Crippen molar-refractivity contribution in [2.24, 2.45) is 0 Å². The number of carbonyl (C=O) groups is 2. The molecule has 158 valence electrons. The summed E-state index contributed by atoms with van der Waals surface area (Å²) >= 11 is 0. The Labute approximate surface area is 176 Å². The molecule has 1 aliphatic rings. The number of benzene rings is 1. The molecule has 1 aromatic heterocycles. The summed E-state index contributed by atoms with van der Waals surface area (Å²) in [6.07, 6.45) is 3.95. The predicted molar refractivity (Wildman–Crippen MR) is 114 cm³/mol. The molecule has 30 heavy (non-hydrogen) atoms. The van der Waals surface area contributed by atoms with Crippen molar-refractivity contribution in [3.63, 3.8) is 0 Å². The van der Waals surface area contributed by atoms with Gasteiger partial charge < -0.3 is 19.6 Å². The highest BCUT2D eigenvalue weighted by molar-refractivity contribution is 6.46. The van der Waals surface area contributed by atoms with Crippen LogP contribution < -0.4 is 4.74 Å². The van der Waals surface area contributed by atoms with Crippen molar-refractivity contribution in [2.75, 3.05) is 34.3 Å². The molecule has 1 saturated heterocycles. The Morgan fingerprint density at radius 3 is 2.50 bits per heavy atom. The Morgan fingerprint density at radius 1 is 1.20 bits per heavy atom. The van der Waals surface area contributed by atoms with Gasteiger partial charge in [-0.05, 0) is 75.4 Å². The first kappa shape index (κ1) is 21.5. The number of likely N-dealkylation sites (tertiary alicyclic amines) is 1. The van der Waals surface area contributed by atoms with E-state index in [2.05, 4.69) is 4.98 Å². The Balaban J connectivity index is 2.09. The molecule has 0 aliphatic carbocycles. The molecule has 0 spiro atoms. The Morgan fingerprint density at radius 2 is 1.90 bits per heavy atom. The predicted octanol–water partition coefficient (Wildman–Crippen LogP) is 2.77. The van der Waals surface area contributed by atoms with E-state index in [-0.39, 0.29) is 11.3 Å². The van der Waals surface area contributed by atoms with Crippen LogP contribution in [0.1, 0.15) is 29.2 Å². The Kier molecular flexibility index (Phi) is 6.52. The van der Waals surface area contributed by atoms with E-state index in [1.165, 1.54) is 0 Å². The lowest BCUT2D eigenvalue weighted by molar-refractivity contribution is -0.139. The third kappa shape index (κ3) is 4.21. The highest BCUT2D eigenvalue weighted by Gasteiger charge is 2.45. The lowest BCUT2D eigenvalue weighted by atomic mass is 9.94. The smallest absolute Gasteiger partial charge is 0.295 e. The minimum absolute atomic E-state index is 0.101. The molecule has 0 unspecified atom stereocenters. The maximum Gasteiger partial charge on any atom is 0.295 e. The van der Waals surface area contributed by atoms with Crippen molar-refractivity contribution in [2.45, 2.75) is 19.4 Å². The van der Waals surface area contributed by atoms with Crippen molar-refractivity contribution in [1.29, 1.82) is 0 Å². The van der Waals surface area contributed by atoms with Gasteiger partial charge in [0.05, 0.1) is 18.7 Å². The molecule has 1 fully saturated rings. The highest BCUT2D eigenvalue weighted by Crippen LogP contribution is 2.40. The number of Topliss-reactive ketones (excluding diaryl/α,β-unsaturated/α-hetero) is 1. The van der Waals surface area contributed by atoms with Crippen LogP contribution in [0.3, 0.4) is 0 Å². The molecule has 1 amide bonds. The summed E-state index contributed by atoms with van der Waals surface area (Å²) < 4.78 is 5.23. The summed E-state index contributed by atoms with van der Waals surface area (Å²) in [6.45, 7) is 3.02.